The molecule has 2 heterocycles. The van der Waals surface area contributed by atoms with E-state index >= 15 is 0 Å². The lowest BCUT2D eigenvalue weighted by Gasteiger charge is -2.56. The Morgan fingerprint density at radius 2 is 1.77 bits per heavy atom. The predicted molar refractivity (Wildman–Crippen MR) is 116 cm³/mol. The van der Waals surface area contributed by atoms with Crippen molar-refractivity contribution in [2.24, 2.45) is 0 Å². The van der Waals surface area contributed by atoms with Crippen molar-refractivity contribution < 1.29 is 14.6 Å². The Hall–Kier alpha value is -2.41. The molecule has 0 unspecified atom stereocenters. The van der Waals surface area contributed by atoms with Crippen molar-refractivity contribution in [1.82, 2.24) is 14.7 Å². The second-order valence-electron chi connectivity index (χ2n) is 8.60. The first-order valence-corrected chi connectivity index (χ1v) is 10.7. The Morgan fingerprint density at radius 1 is 1.07 bits per heavy atom. The zero-order valence-corrected chi connectivity index (χ0v) is 17.6. The van der Waals surface area contributed by atoms with Crippen molar-refractivity contribution in [1.29, 1.82) is 0 Å². The zero-order chi connectivity index (χ0) is 21.0. The average molecular weight is 410 g/mol. The van der Waals surface area contributed by atoms with E-state index in [1.54, 1.807) is 0 Å². The Labute approximate surface area is 178 Å². The maximum absolute atomic E-state index is 12.8. The minimum atomic E-state index is -0.298. The second kappa shape index (κ2) is 9.16. The van der Waals surface area contributed by atoms with Crippen LogP contribution in [0.1, 0.15) is 12.5 Å². The maximum Gasteiger partial charge on any atom is 0.260 e. The zero-order valence-electron chi connectivity index (χ0n) is 17.6. The van der Waals surface area contributed by atoms with Crippen LogP contribution in [0.15, 0.2) is 60.7 Å². The van der Waals surface area contributed by atoms with Gasteiger partial charge in [-0.2, -0.15) is 0 Å². The Kier molecular flexibility index (Phi) is 6.37. The molecule has 1 N–H and O–H groups in total. The summed E-state index contributed by atoms with van der Waals surface area (Å²) in [6, 6.07) is 20.1. The number of para-hydroxylation sites is 1. The first-order valence-electron chi connectivity index (χ1n) is 10.7. The number of ether oxygens (including phenoxy) is 1. The van der Waals surface area contributed by atoms with E-state index in [4.69, 9.17) is 4.74 Å². The van der Waals surface area contributed by atoms with Crippen molar-refractivity contribution in [2.45, 2.75) is 25.0 Å². The first-order chi connectivity index (χ1) is 14.6. The van der Waals surface area contributed by atoms with Crippen LogP contribution in [0.3, 0.4) is 0 Å². The summed E-state index contributed by atoms with van der Waals surface area (Å²) in [5, 5.41) is 10.2. The summed E-state index contributed by atoms with van der Waals surface area (Å²) in [7, 11) is 0. The van der Waals surface area contributed by atoms with Crippen LogP contribution in [0.25, 0.3) is 0 Å². The number of hydrogen-bond donors (Lipinski definition) is 1. The number of amides is 1. The second-order valence-corrected chi connectivity index (χ2v) is 8.60. The van der Waals surface area contributed by atoms with Crippen molar-refractivity contribution in [3.05, 3.63) is 66.2 Å². The normalized spacial score (nSPS) is 25.0. The minimum Gasteiger partial charge on any atom is -0.484 e. The number of piperazine rings is 2. The molecule has 160 valence electrons. The van der Waals surface area contributed by atoms with Crippen LogP contribution in [-0.2, 0) is 11.3 Å². The minimum absolute atomic E-state index is 0.0180. The largest absolute Gasteiger partial charge is 0.484 e. The van der Waals surface area contributed by atoms with E-state index < -0.39 is 0 Å². The van der Waals surface area contributed by atoms with Crippen LogP contribution in [0, 0.1) is 0 Å². The summed E-state index contributed by atoms with van der Waals surface area (Å²) in [6.07, 6.45) is 0. The van der Waals surface area contributed by atoms with Gasteiger partial charge in [0.25, 0.3) is 5.91 Å². The summed E-state index contributed by atoms with van der Waals surface area (Å²) >= 11 is 0. The predicted octanol–water partition coefficient (Wildman–Crippen LogP) is 1.84. The van der Waals surface area contributed by atoms with Crippen LogP contribution in [0.2, 0.25) is 0 Å². The monoisotopic (exact) mass is 409 g/mol. The van der Waals surface area contributed by atoms with E-state index in [9.17, 15) is 9.90 Å². The van der Waals surface area contributed by atoms with Gasteiger partial charge < -0.3 is 14.7 Å². The van der Waals surface area contributed by atoms with Crippen LogP contribution < -0.4 is 4.74 Å². The highest BCUT2D eigenvalue weighted by molar-refractivity contribution is 5.78. The molecule has 0 radical (unpaired) electrons. The van der Waals surface area contributed by atoms with Gasteiger partial charge in [0.1, 0.15) is 5.75 Å². The highest BCUT2D eigenvalue weighted by atomic mass is 16.5. The van der Waals surface area contributed by atoms with Gasteiger partial charge >= 0.3 is 0 Å². The molecule has 6 nitrogen and oxygen atoms in total. The molecule has 0 bridgehead atoms. The van der Waals surface area contributed by atoms with E-state index in [1.165, 1.54) is 5.56 Å². The van der Waals surface area contributed by atoms with Gasteiger partial charge in [0, 0.05) is 45.3 Å². The molecule has 0 spiro atoms. The third-order valence-corrected chi connectivity index (χ3v) is 6.26. The van der Waals surface area contributed by atoms with Gasteiger partial charge in [-0.3, -0.25) is 14.6 Å². The summed E-state index contributed by atoms with van der Waals surface area (Å²) in [6.45, 7) is 6.96. The molecule has 2 aromatic carbocycles. The lowest BCUT2D eigenvalue weighted by molar-refractivity contribution is -0.143. The fourth-order valence-corrected chi connectivity index (χ4v) is 4.74. The van der Waals surface area contributed by atoms with Gasteiger partial charge in [0.2, 0.25) is 0 Å². The number of fused-ring (bicyclic) bond motifs is 1. The highest BCUT2D eigenvalue weighted by Gasteiger charge is 2.45. The molecular weight excluding hydrogens is 378 g/mol. The SMILES string of the molecule is C[C@@]1(CO)CN(Cc2ccccc2)C[C@@H]2CN(C(=O)COc3ccccc3)CCN21. The number of carbonyl (C=O) groups is 1. The smallest absolute Gasteiger partial charge is 0.260 e. The number of aliphatic hydroxyl groups is 1. The standard InChI is InChI=1S/C24H31N3O3/c1-24(19-28)18-25(14-20-8-4-2-5-9-20)15-21-16-26(12-13-27(21)24)23(29)17-30-22-10-6-3-7-11-22/h2-11,21,28H,12-19H2,1H3/t21-,24+/m1/s1. The molecular formula is C24H31N3O3. The Bertz CT molecular complexity index is 832. The molecule has 6 heteroatoms. The van der Waals surface area contributed by atoms with Crippen molar-refractivity contribution in [2.75, 3.05) is 45.9 Å². The molecule has 2 atom stereocenters. The Morgan fingerprint density at radius 3 is 2.47 bits per heavy atom. The number of hydrogen-bond acceptors (Lipinski definition) is 5. The number of benzene rings is 2. The fraction of sp³-hybridized carbons (Fsp3) is 0.458. The van der Waals surface area contributed by atoms with Crippen molar-refractivity contribution in [3.8, 4) is 5.75 Å². The molecule has 2 aliphatic rings. The van der Waals surface area contributed by atoms with E-state index in [0.717, 1.165) is 26.2 Å². The fourth-order valence-electron chi connectivity index (χ4n) is 4.74. The van der Waals surface area contributed by atoms with Gasteiger partial charge in [-0.05, 0) is 24.6 Å². The molecule has 0 saturated carbocycles. The van der Waals surface area contributed by atoms with Gasteiger partial charge in [0.15, 0.2) is 6.61 Å². The molecule has 2 aromatic rings. The number of nitrogens with zero attached hydrogens (tertiary/aromatic N) is 3. The molecule has 0 aromatic heterocycles. The van der Waals surface area contributed by atoms with Gasteiger partial charge in [-0.1, -0.05) is 48.5 Å². The summed E-state index contributed by atoms with van der Waals surface area (Å²) in [5.41, 5.74) is 0.971. The molecule has 4 rings (SSSR count). The van der Waals surface area contributed by atoms with Crippen LogP contribution in [0.4, 0.5) is 0 Å². The van der Waals surface area contributed by atoms with Crippen LogP contribution in [0.5, 0.6) is 5.75 Å². The molecule has 0 aliphatic carbocycles. The van der Waals surface area contributed by atoms with E-state index in [0.29, 0.717) is 18.8 Å². The van der Waals surface area contributed by atoms with E-state index in [-0.39, 0.29) is 30.7 Å². The van der Waals surface area contributed by atoms with Gasteiger partial charge in [0.05, 0.1) is 12.1 Å². The lowest BCUT2D eigenvalue weighted by Crippen LogP contribution is -2.72. The van der Waals surface area contributed by atoms with Crippen LogP contribution >= 0.6 is 0 Å². The molecule has 1 amide bonds. The molecule has 2 saturated heterocycles. The molecule has 2 aliphatic heterocycles. The third kappa shape index (κ3) is 4.67. The number of aliphatic hydroxyl groups excluding tert-OH is 1. The van der Waals surface area contributed by atoms with Crippen LogP contribution in [-0.4, -0.2) is 83.2 Å². The molecule has 30 heavy (non-hydrogen) atoms. The lowest BCUT2D eigenvalue weighted by atomic mass is 9.91. The Balaban J connectivity index is 1.40. The quantitative estimate of drug-likeness (QED) is 0.789. The van der Waals surface area contributed by atoms with Gasteiger partial charge in [-0.15, -0.1) is 0 Å². The van der Waals surface area contributed by atoms with E-state index in [2.05, 4.69) is 41.0 Å². The number of rotatable bonds is 6. The summed E-state index contributed by atoms with van der Waals surface area (Å²) in [5.74, 6) is 0.730. The average Bonchev–Trinajstić information content (AvgIpc) is 2.78. The van der Waals surface area contributed by atoms with Crippen molar-refractivity contribution in [3.63, 3.8) is 0 Å². The number of carbonyl (C=O) groups excluding carboxylic acids is 1. The molecule has 2 fully saturated rings. The summed E-state index contributed by atoms with van der Waals surface area (Å²) < 4.78 is 5.66. The first kappa shape index (κ1) is 20.8. The van der Waals surface area contributed by atoms with E-state index in [1.807, 2.05) is 41.3 Å². The highest BCUT2D eigenvalue weighted by Crippen LogP contribution is 2.29. The van der Waals surface area contributed by atoms with Gasteiger partial charge in [-0.25, -0.2) is 0 Å². The topological polar surface area (TPSA) is 56.3 Å². The summed E-state index contributed by atoms with van der Waals surface area (Å²) in [4.78, 5) is 19.5. The maximum atomic E-state index is 12.8. The van der Waals surface area contributed by atoms with Crippen molar-refractivity contribution >= 4 is 5.91 Å². The third-order valence-electron chi connectivity index (χ3n) is 6.26.